The molecule has 1 unspecified atom stereocenters. The van der Waals surface area contributed by atoms with E-state index in [4.69, 9.17) is 9.82 Å². The number of rotatable bonds is 9. The minimum Gasteiger partial charge on any atom is -0.387 e. The van der Waals surface area contributed by atoms with E-state index >= 15 is 0 Å². The van der Waals surface area contributed by atoms with Gasteiger partial charge in [0.2, 0.25) is 5.91 Å². The molecule has 2 aliphatic heterocycles. The van der Waals surface area contributed by atoms with Crippen molar-refractivity contribution in [3.63, 3.8) is 0 Å². The fourth-order valence-electron chi connectivity index (χ4n) is 5.11. The number of amides is 1. The Morgan fingerprint density at radius 3 is 2.57 bits per heavy atom. The molecule has 3 aromatic rings. The van der Waals surface area contributed by atoms with E-state index in [1.165, 1.54) is 16.2 Å². The lowest BCUT2D eigenvalue weighted by Gasteiger charge is -2.31. The van der Waals surface area contributed by atoms with Gasteiger partial charge in [-0.25, -0.2) is 22.5 Å². The van der Waals surface area contributed by atoms with Crippen molar-refractivity contribution >= 4 is 33.1 Å². The predicted octanol–water partition coefficient (Wildman–Crippen LogP) is 5.18. The normalized spacial score (nSPS) is 18.1. The second-order valence-electron chi connectivity index (χ2n) is 10.2. The van der Waals surface area contributed by atoms with E-state index in [-0.39, 0.29) is 5.92 Å². The predicted molar refractivity (Wildman–Crippen MR) is 144 cm³/mol. The molecular formula is C26H27F4N5O5S2. The van der Waals surface area contributed by atoms with E-state index in [0.717, 1.165) is 10.6 Å². The van der Waals surface area contributed by atoms with E-state index in [2.05, 4.69) is 10.3 Å². The Morgan fingerprint density at radius 1 is 1.17 bits per heavy atom. The smallest absolute Gasteiger partial charge is 0.282 e. The third-order valence-corrected chi connectivity index (χ3v) is 8.91. The molecule has 0 radical (unpaired) electrons. The van der Waals surface area contributed by atoms with Gasteiger partial charge >= 0.3 is 0 Å². The summed E-state index contributed by atoms with van der Waals surface area (Å²) < 4.78 is 85.4. The van der Waals surface area contributed by atoms with Crippen molar-refractivity contribution < 1.29 is 40.2 Å². The second kappa shape index (κ2) is 12.1. The molecular weight excluding hydrogens is 602 g/mol. The molecule has 1 saturated heterocycles. The highest BCUT2D eigenvalue weighted by Crippen LogP contribution is 2.35. The van der Waals surface area contributed by atoms with Crippen LogP contribution in [-0.2, 0) is 32.0 Å². The van der Waals surface area contributed by atoms with Crippen LogP contribution in [0.1, 0.15) is 82.9 Å². The molecule has 0 aliphatic carbocycles. The minimum absolute atomic E-state index is 0.0522. The van der Waals surface area contributed by atoms with Crippen LogP contribution in [0.25, 0.3) is 0 Å². The highest BCUT2D eigenvalue weighted by Gasteiger charge is 2.31. The van der Waals surface area contributed by atoms with Crippen LogP contribution >= 0.6 is 11.3 Å². The zero-order chi connectivity index (χ0) is 30.2. The zero-order valence-corrected chi connectivity index (χ0v) is 23.9. The Hall–Kier alpha value is -3.37. The molecule has 2 aromatic heterocycles. The average Bonchev–Trinajstić information content (AvgIpc) is 3.69. The van der Waals surface area contributed by atoms with Gasteiger partial charge in [-0.3, -0.25) is 14.0 Å². The SMILES string of the molecule is Cc1ccc(CS(=O)(=O)O)c(C2CC(c3csc(C4CCN(C(=O)Cn5nc(C(F)F)cc5C(F)F)CC4)n3)=NO2)c1. The number of benzene rings is 1. The summed E-state index contributed by atoms with van der Waals surface area (Å²) in [5.74, 6) is -0.963. The molecule has 16 heteroatoms. The van der Waals surface area contributed by atoms with Crippen LogP contribution in [-0.4, -0.2) is 57.3 Å². The van der Waals surface area contributed by atoms with Crippen LogP contribution in [0.15, 0.2) is 34.8 Å². The number of alkyl halides is 4. The quantitative estimate of drug-likeness (QED) is 0.255. The van der Waals surface area contributed by atoms with Gasteiger partial charge in [-0.1, -0.05) is 28.9 Å². The first-order valence-electron chi connectivity index (χ1n) is 13.0. The Bertz CT molecular complexity index is 1600. The molecule has 42 heavy (non-hydrogen) atoms. The molecule has 1 amide bonds. The molecule has 2 aliphatic rings. The van der Waals surface area contributed by atoms with Crippen LogP contribution in [0.3, 0.4) is 0 Å². The number of halogens is 4. The summed E-state index contributed by atoms with van der Waals surface area (Å²) in [5, 5.41) is 10.4. The fraction of sp³-hybridized carbons (Fsp3) is 0.462. The van der Waals surface area contributed by atoms with Gasteiger partial charge < -0.3 is 9.74 Å². The van der Waals surface area contributed by atoms with Crippen LogP contribution in [0, 0.1) is 6.92 Å². The summed E-state index contributed by atoms with van der Waals surface area (Å²) in [5.41, 5.74) is 1.68. The van der Waals surface area contributed by atoms with Crippen LogP contribution < -0.4 is 0 Å². The maximum atomic E-state index is 13.3. The van der Waals surface area contributed by atoms with Crippen molar-refractivity contribution in [3.8, 4) is 0 Å². The van der Waals surface area contributed by atoms with Gasteiger partial charge in [0.05, 0.1) is 10.7 Å². The lowest BCUT2D eigenvalue weighted by atomic mass is 9.96. The Balaban J connectivity index is 1.19. The topological polar surface area (TPSA) is 127 Å². The number of carbonyl (C=O) groups excluding carboxylic acids is 1. The van der Waals surface area contributed by atoms with Gasteiger partial charge in [0.25, 0.3) is 23.0 Å². The molecule has 10 nitrogen and oxygen atoms in total. The highest BCUT2D eigenvalue weighted by molar-refractivity contribution is 7.85. The summed E-state index contributed by atoms with van der Waals surface area (Å²) in [6.07, 6.45) is -5.07. The lowest BCUT2D eigenvalue weighted by molar-refractivity contribution is -0.133. The van der Waals surface area contributed by atoms with Gasteiger partial charge in [-0.05, 0) is 31.4 Å². The standard InChI is InChI=1S/C26H27F4N5O5S2/c1-14-2-3-16(13-42(37,38)39)17(8-14)22-10-18(33-40-22)20-12-41-26(31-20)15-4-6-34(7-5-15)23(36)11-35-21(25(29)30)9-19(32-35)24(27)28/h2-3,8-9,12,15,22,24-25H,4-7,10-11,13H2,1H3,(H,37,38,39). The first-order chi connectivity index (χ1) is 19.9. The second-order valence-corrected chi connectivity index (χ2v) is 12.6. The van der Waals surface area contributed by atoms with E-state index in [0.29, 0.717) is 65.6 Å². The van der Waals surface area contributed by atoms with Crippen LogP contribution in [0.4, 0.5) is 17.6 Å². The molecule has 0 bridgehead atoms. The van der Waals surface area contributed by atoms with Gasteiger partial charge in [-0.15, -0.1) is 11.3 Å². The van der Waals surface area contributed by atoms with E-state index < -0.39 is 58.7 Å². The van der Waals surface area contributed by atoms with Crippen molar-refractivity contribution in [2.24, 2.45) is 5.16 Å². The number of nitrogens with zero attached hydrogens (tertiary/aromatic N) is 5. The molecule has 1 atom stereocenters. The maximum absolute atomic E-state index is 13.3. The number of piperidine rings is 1. The monoisotopic (exact) mass is 629 g/mol. The summed E-state index contributed by atoms with van der Waals surface area (Å²) in [6, 6.07) is 5.83. The average molecular weight is 630 g/mol. The Kier molecular flexibility index (Phi) is 8.66. The van der Waals surface area contributed by atoms with E-state index in [1.807, 2.05) is 18.4 Å². The highest BCUT2D eigenvalue weighted by atomic mass is 32.2. The van der Waals surface area contributed by atoms with Crippen LogP contribution in [0.2, 0.25) is 0 Å². The molecule has 1 N–H and O–H groups in total. The molecule has 5 rings (SSSR count). The summed E-state index contributed by atoms with van der Waals surface area (Å²) in [6.45, 7) is 2.01. The Morgan fingerprint density at radius 2 is 1.90 bits per heavy atom. The summed E-state index contributed by atoms with van der Waals surface area (Å²) in [4.78, 5) is 24.6. The van der Waals surface area contributed by atoms with Crippen molar-refractivity contribution in [2.45, 2.75) is 63.4 Å². The van der Waals surface area contributed by atoms with Crippen molar-refractivity contribution in [3.05, 3.63) is 68.4 Å². The first-order valence-corrected chi connectivity index (χ1v) is 15.5. The molecule has 1 aromatic carbocycles. The van der Waals surface area contributed by atoms with E-state index in [1.54, 1.807) is 12.1 Å². The number of hydrogen-bond acceptors (Lipinski definition) is 8. The summed E-state index contributed by atoms with van der Waals surface area (Å²) in [7, 11) is -4.24. The third kappa shape index (κ3) is 6.81. The van der Waals surface area contributed by atoms with Crippen molar-refractivity contribution in [2.75, 3.05) is 13.1 Å². The van der Waals surface area contributed by atoms with E-state index in [9.17, 15) is 35.3 Å². The molecule has 0 saturated carbocycles. The lowest BCUT2D eigenvalue weighted by Crippen LogP contribution is -2.40. The number of aryl methyl sites for hydroxylation is 1. The number of aromatic nitrogens is 3. The molecule has 1 fully saturated rings. The van der Waals surface area contributed by atoms with Crippen molar-refractivity contribution in [1.29, 1.82) is 0 Å². The van der Waals surface area contributed by atoms with Gasteiger partial charge in [0.15, 0.2) is 6.10 Å². The molecule has 226 valence electrons. The largest absolute Gasteiger partial charge is 0.387 e. The number of likely N-dealkylation sites (tertiary alicyclic amines) is 1. The van der Waals surface area contributed by atoms with Gasteiger partial charge in [-0.2, -0.15) is 13.5 Å². The number of oxime groups is 1. The molecule has 0 spiro atoms. The number of thiazole rings is 1. The third-order valence-electron chi connectivity index (χ3n) is 7.23. The Labute approximate surface area is 242 Å². The molecule has 4 heterocycles. The fourth-order valence-corrected chi connectivity index (χ4v) is 6.77. The summed E-state index contributed by atoms with van der Waals surface area (Å²) >= 11 is 1.44. The van der Waals surface area contributed by atoms with Crippen molar-refractivity contribution in [1.82, 2.24) is 19.7 Å². The van der Waals surface area contributed by atoms with Crippen LogP contribution in [0.5, 0.6) is 0 Å². The zero-order valence-electron chi connectivity index (χ0n) is 22.3. The van der Waals surface area contributed by atoms with Gasteiger partial charge in [0, 0.05) is 36.4 Å². The first kappa shape index (κ1) is 30.1. The minimum atomic E-state index is -4.24. The maximum Gasteiger partial charge on any atom is 0.282 e. The number of carbonyl (C=O) groups is 1. The van der Waals surface area contributed by atoms with Gasteiger partial charge in [0.1, 0.15) is 29.4 Å². The number of hydrogen-bond donors (Lipinski definition) is 1.